The molecule has 2 fully saturated rings. The maximum atomic E-state index is 13.7. The van der Waals surface area contributed by atoms with Gasteiger partial charge < -0.3 is 39.0 Å². The first kappa shape index (κ1) is 34.4. The highest BCUT2D eigenvalue weighted by atomic mass is 32.2. The van der Waals surface area contributed by atoms with Crippen LogP contribution < -0.4 is 29.2 Å². The van der Waals surface area contributed by atoms with Crippen molar-refractivity contribution >= 4 is 33.1 Å². The molecule has 1 aliphatic carbocycles. The van der Waals surface area contributed by atoms with Gasteiger partial charge in [-0.2, -0.15) is 4.31 Å². The molecule has 4 aromatic carbocycles. The van der Waals surface area contributed by atoms with Crippen molar-refractivity contribution in [2.75, 3.05) is 64.0 Å². The Morgan fingerprint density at radius 1 is 0.868 bits per heavy atom. The molecule has 2 saturated heterocycles. The Kier molecular flexibility index (Phi) is 8.65. The van der Waals surface area contributed by atoms with Crippen LogP contribution in [0.3, 0.4) is 0 Å². The number of nitrogens with one attached hydrogen (secondary N) is 1. The zero-order chi connectivity index (χ0) is 37.0. The SMILES string of the molecule is COc1cc([C@@H]2c3cc4c(cc3[C@@H](Nc3ccc(S(=O)(=O)N5CCN(c6ccc([N+](=O)[O-])cc6)CC5)cc3)[C@H]3COC(=O)[C@H]23)OCO4)cc(OC)c1O. The number of anilines is 2. The van der Waals surface area contributed by atoms with Crippen LogP contribution in [0.5, 0.6) is 28.7 Å². The summed E-state index contributed by atoms with van der Waals surface area (Å²) in [6.07, 6.45) is 0. The second-order valence-corrected chi connectivity index (χ2v) is 15.2. The van der Waals surface area contributed by atoms with E-state index in [9.17, 15) is 28.4 Å². The Bertz CT molecular complexity index is 2160. The predicted molar refractivity (Wildman–Crippen MR) is 190 cm³/mol. The summed E-state index contributed by atoms with van der Waals surface area (Å²) in [5, 5.41) is 25.2. The molecule has 2 N–H and O–H groups in total. The van der Waals surface area contributed by atoms with Gasteiger partial charge in [0, 0.05) is 61.5 Å². The normalized spacial score (nSPS) is 22.1. The van der Waals surface area contributed by atoms with Crippen LogP contribution >= 0.6 is 0 Å². The van der Waals surface area contributed by atoms with Gasteiger partial charge in [0.15, 0.2) is 23.0 Å². The lowest BCUT2D eigenvalue weighted by molar-refractivity contribution is -0.384. The van der Waals surface area contributed by atoms with E-state index in [1.165, 1.54) is 30.7 Å². The van der Waals surface area contributed by atoms with Gasteiger partial charge in [0.05, 0.1) is 42.6 Å². The first-order valence-electron chi connectivity index (χ1n) is 17.0. The van der Waals surface area contributed by atoms with E-state index in [0.29, 0.717) is 35.8 Å². The average Bonchev–Trinajstić information content (AvgIpc) is 3.80. The number of nitrogens with zero attached hydrogens (tertiary/aromatic N) is 3. The number of cyclic esters (lactones) is 1. The average molecular weight is 745 g/mol. The first-order valence-corrected chi connectivity index (χ1v) is 18.4. The van der Waals surface area contributed by atoms with Crippen LogP contribution in [-0.4, -0.2) is 82.5 Å². The Balaban J connectivity index is 1.06. The minimum atomic E-state index is -3.81. The topological polar surface area (TPSA) is 179 Å². The van der Waals surface area contributed by atoms with Crippen LogP contribution in [0.4, 0.5) is 17.1 Å². The number of methoxy groups -OCH3 is 2. The summed E-state index contributed by atoms with van der Waals surface area (Å²) in [5.41, 5.74) is 3.78. The highest BCUT2D eigenvalue weighted by molar-refractivity contribution is 7.89. The lowest BCUT2D eigenvalue weighted by Gasteiger charge is -2.40. The minimum absolute atomic E-state index is 0.00188. The van der Waals surface area contributed by atoms with E-state index in [-0.39, 0.29) is 66.2 Å². The van der Waals surface area contributed by atoms with Gasteiger partial charge in [-0.1, -0.05) is 0 Å². The smallest absolute Gasteiger partial charge is 0.310 e. The highest BCUT2D eigenvalue weighted by Gasteiger charge is 2.53. The van der Waals surface area contributed by atoms with Gasteiger partial charge in [0.25, 0.3) is 5.69 Å². The second kappa shape index (κ2) is 13.3. The van der Waals surface area contributed by atoms with Gasteiger partial charge >= 0.3 is 5.97 Å². The number of aromatic hydroxyl groups is 1. The number of carbonyl (C=O) groups excluding carboxylic acids is 1. The minimum Gasteiger partial charge on any atom is -0.502 e. The molecule has 0 saturated carbocycles. The lowest BCUT2D eigenvalue weighted by Crippen LogP contribution is -2.48. The molecule has 0 radical (unpaired) electrons. The van der Waals surface area contributed by atoms with Gasteiger partial charge in [0.1, 0.15) is 0 Å². The summed E-state index contributed by atoms with van der Waals surface area (Å²) >= 11 is 0. The molecule has 0 bridgehead atoms. The molecular formula is C37H36N4O11S. The number of benzene rings is 4. The molecule has 4 aromatic rings. The fourth-order valence-corrected chi connectivity index (χ4v) is 9.29. The largest absolute Gasteiger partial charge is 0.502 e. The van der Waals surface area contributed by atoms with E-state index >= 15 is 0 Å². The van der Waals surface area contributed by atoms with Crippen LogP contribution in [0.15, 0.2) is 77.7 Å². The van der Waals surface area contributed by atoms with E-state index in [1.807, 2.05) is 17.0 Å². The number of nitro groups is 1. The van der Waals surface area contributed by atoms with E-state index in [2.05, 4.69) is 5.32 Å². The molecule has 0 unspecified atom stereocenters. The fourth-order valence-electron chi connectivity index (χ4n) is 7.86. The van der Waals surface area contributed by atoms with Crippen molar-refractivity contribution in [1.82, 2.24) is 4.31 Å². The predicted octanol–water partition coefficient (Wildman–Crippen LogP) is 4.65. The fraction of sp³-hybridized carbons (Fsp3) is 0.324. The van der Waals surface area contributed by atoms with Crippen molar-refractivity contribution in [2.45, 2.75) is 16.9 Å². The van der Waals surface area contributed by atoms with Crippen molar-refractivity contribution in [1.29, 1.82) is 0 Å². The molecule has 0 aromatic heterocycles. The Labute approximate surface area is 304 Å². The molecule has 3 heterocycles. The maximum Gasteiger partial charge on any atom is 0.310 e. The number of esters is 1. The van der Waals surface area contributed by atoms with Gasteiger partial charge in [-0.3, -0.25) is 14.9 Å². The second-order valence-electron chi connectivity index (χ2n) is 13.2. The quantitative estimate of drug-likeness (QED) is 0.138. The first-order chi connectivity index (χ1) is 25.6. The Hall–Kier alpha value is -5.74. The zero-order valence-electron chi connectivity index (χ0n) is 28.8. The number of piperazine rings is 1. The number of fused-ring (bicyclic) bond motifs is 3. The zero-order valence-corrected chi connectivity index (χ0v) is 29.6. The van der Waals surface area contributed by atoms with Gasteiger partial charge in [-0.25, -0.2) is 8.42 Å². The number of hydrogen-bond acceptors (Lipinski definition) is 13. The van der Waals surface area contributed by atoms with E-state index in [4.69, 9.17) is 23.7 Å². The van der Waals surface area contributed by atoms with Gasteiger partial charge in [0.2, 0.25) is 22.6 Å². The van der Waals surface area contributed by atoms with Crippen molar-refractivity contribution in [2.24, 2.45) is 11.8 Å². The van der Waals surface area contributed by atoms with E-state index in [1.54, 1.807) is 48.5 Å². The highest BCUT2D eigenvalue weighted by Crippen LogP contribution is 2.56. The third-order valence-corrected chi connectivity index (χ3v) is 12.4. The van der Waals surface area contributed by atoms with Gasteiger partial charge in [-0.05, 0) is 77.4 Å². The molecule has 276 valence electrons. The van der Waals surface area contributed by atoms with Crippen LogP contribution in [-0.2, 0) is 19.6 Å². The Morgan fingerprint density at radius 2 is 1.49 bits per heavy atom. The van der Waals surface area contributed by atoms with E-state index in [0.717, 1.165) is 16.8 Å². The number of rotatable bonds is 9. The molecule has 4 atom stereocenters. The van der Waals surface area contributed by atoms with Crippen molar-refractivity contribution < 1.29 is 46.9 Å². The molecule has 4 aliphatic rings. The molecule has 3 aliphatic heterocycles. The summed E-state index contributed by atoms with van der Waals surface area (Å²) in [6, 6.07) is 19.5. The molecule has 16 heteroatoms. The van der Waals surface area contributed by atoms with Crippen LogP contribution in [0, 0.1) is 22.0 Å². The number of non-ortho nitro benzene ring substituents is 1. The number of ether oxygens (including phenoxy) is 5. The monoisotopic (exact) mass is 744 g/mol. The number of phenols is 1. The van der Waals surface area contributed by atoms with Gasteiger partial charge in [-0.15, -0.1) is 0 Å². The molecule has 8 rings (SSSR count). The number of hydrogen-bond donors (Lipinski definition) is 2. The lowest BCUT2D eigenvalue weighted by atomic mass is 9.65. The number of carbonyl (C=O) groups is 1. The summed E-state index contributed by atoms with van der Waals surface area (Å²) < 4.78 is 56.9. The molecule has 0 amide bonds. The number of nitro benzene ring substituents is 1. The van der Waals surface area contributed by atoms with Crippen molar-refractivity contribution in [3.8, 4) is 28.7 Å². The number of phenolic OH excluding ortho intramolecular Hbond substituents is 1. The molecule has 0 spiro atoms. The third kappa shape index (κ3) is 5.96. The van der Waals surface area contributed by atoms with Crippen molar-refractivity contribution in [3.63, 3.8) is 0 Å². The molecular weight excluding hydrogens is 708 g/mol. The summed E-state index contributed by atoms with van der Waals surface area (Å²) in [7, 11) is -0.922. The van der Waals surface area contributed by atoms with Crippen LogP contribution in [0.1, 0.15) is 28.7 Å². The third-order valence-electron chi connectivity index (χ3n) is 10.5. The maximum absolute atomic E-state index is 13.7. The molecule has 53 heavy (non-hydrogen) atoms. The van der Waals surface area contributed by atoms with Crippen molar-refractivity contribution in [3.05, 3.63) is 99.6 Å². The number of sulfonamides is 1. The van der Waals surface area contributed by atoms with E-state index < -0.39 is 32.8 Å². The Morgan fingerprint density at radius 3 is 2.09 bits per heavy atom. The summed E-state index contributed by atoms with van der Waals surface area (Å²) in [6.45, 7) is 1.58. The summed E-state index contributed by atoms with van der Waals surface area (Å²) in [5.74, 6) is -0.471. The van der Waals surface area contributed by atoms with Crippen LogP contribution in [0.2, 0.25) is 0 Å². The molecule has 15 nitrogen and oxygen atoms in total. The van der Waals surface area contributed by atoms with Crippen LogP contribution in [0.25, 0.3) is 0 Å². The summed E-state index contributed by atoms with van der Waals surface area (Å²) in [4.78, 5) is 26.2. The standard InChI is InChI=1S/C37H36N4O11S/c1-48-31-15-21(16-32(49-2)36(31)42)33-26-17-29-30(52-20-51-29)18-27(26)35(28-19-50-37(43)34(28)33)38-22-3-9-25(10-4-22)53(46,47)40-13-11-39(12-14-40)23-5-7-24(8-6-23)41(44)45/h3-10,15-18,28,33-35,38,42H,11-14,19-20H2,1-2H3/t28-,33+,34-,35+/m0/s1.